The Morgan fingerprint density at radius 3 is 2.63 bits per heavy atom. The largest absolute Gasteiger partial charge is 0.361 e. The highest BCUT2D eigenvalue weighted by atomic mass is 32.1. The van der Waals surface area contributed by atoms with E-state index in [4.69, 9.17) is 4.74 Å². The van der Waals surface area contributed by atoms with Crippen LogP contribution in [0.15, 0.2) is 41.8 Å². The van der Waals surface area contributed by atoms with Gasteiger partial charge in [-0.3, -0.25) is 9.59 Å². The Kier molecular flexibility index (Phi) is 6.54. The smallest absolute Gasteiger partial charge is 0.254 e. The zero-order valence-electron chi connectivity index (χ0n) is 17.6. The van der Waals surface area contributed by atoms with Gasteiger partial charge < -0.3 is 15.0 Å². The van der Waals surface area contributed by atoms with Crippen molar-refractivity contribution in [1.82, 2.24) is 10.2 Å². The molecule has 2 amide bonds. The van der Waals surface area contributed by atoms with E-state index >= 15 is 0 Å². The molecule has 1 aromatic carbocycles. The Hall–Kier alpha value is -2.18. The summed E-state index contributed by atoms with van der Waals surface area (Å²) in [6.07, 6.45) is 4.64. The lowest BCUT2D eigenvalue weighted by Crippen LogP contribution is -2.62. The Balaban J connectivity index is 1.54. The minimum Gasteiger partial charge on any atom is -0.361 e. The van der Waals surface area contributed by atoms with Gasteiger partial charge in [0.2, 0.25) is 5.91 Å². The molecule has 6 heteroatoms. The van der Waals surface area contributed by atoms with Gasteiger partial charge in [-0.1, -0.05) is 43.2 Å². The maximum atomic E-state index is 13.1. The van der Waals surface area contributed by atoms with Crippen LogP contribution in [0.4, 0.5) is 0 Å². The van der Waals surface area contributed by atoms with Crippen molar-refractivity contribution in [1.29, 1.82) is 0 Å². The van der Waals surface area contributed by atoms with Crippen molar-refractivity contribution in [2.75, 3.05) is 26.2 Å². The van der Waals surface area contributed by atoms with Crippen LogP contribution in [0, 0.1) is 5.92 Å². The number of hydrogen-bond acceptors (Lipinski definition) is 4. The molecular formula is C24H30N2O3S. The number of hydrogen-bond donors (Lipinski definition) is 1. The van der Waals surface area contributed by atoms with Crippen molar-refractivity contribution in [3.05, 3.63) is 47.3 Å². The molecule has 160 valence electrons. The normalized spacial score (nSPS) is 22.2. The van der Waals surface area contributed by atoms with Crippen LogP contribution in [0.1, 0.15) is 38.2 Å². The predicted molar refractivity (Wildman–Crippen MR) is 119 cm³/mol. The van der Waals surface area contributed by atoms with Gasteiger partial charge in [-0.15, -0.1) is 11.3 Å². The molecule has 2 fully saturated rings. The number of morpholine rings is 1. The summed E-state index contributed by atoms with van der Waals surface area (Å²) >= 11 is 1.71. The molecular weight excluding hydrogens is 396 g/mol. The lowest BCUT2D eigenvalue weighted by molar-refractivity contribution is -0.167. The first kappa shape index (κ1) is 21.1. The van der Waals surface area contributed by atoms with Crippen molar-refractivity contribution in [3.63, 3.8) is 0 Å². The van der Waals surface area contributed by atoms with E-state index in [9.17, 15) is 9.59 Å². The maximum Gasteiger partial charge on any atom is 0.254 e. The Bertz CT molecular complexity index is 859. The molecule has 0 bridgehead atoms. The quantitative estimate of drug-likeness (QED) is 0.763. The maximum absolute atomic E-state index is 13.1. The Morgan fingerprint density at radius 1 is 1.20 bits per heavy atom. The van der Waals surface area contributed by atoms with Gasteiger partial charge in [0, 0.05) is 30.3 Å². The van der Waals surface area contributed by atoms with Crippen LogP contribution in [0.2, 0.25) is 0 Å². The van der Waals surface area contributed by atoms with Crippen molar-refractivity contribution in [2.45, 2.75) is 44.6 Å². The highest BCUT2D eigenvalue weighted by molar-refractivity contribution is 7.13. The van der Waals surface area contributed by atoms with E-state index in [0.29, 0.717) is 32.7 Å². The first-order chi connectivity index (χ1) is 14.6. The first-order valence-electron chi connectivity index (χ1n) is 11.0. The second-order valence-corrected chi connectivity index (χ2v) is 9.24. The monoisotopic (exact) mass is 426 g/mol. The molecule has 0 radical (unpaired) electrons. The number of carbonyl (C=O) groups is 2. The second-order valence-electron chi connectivity index (χ2n) is 8.29. The standard InChI is InChI=1S/C24H30N2O3S/c1-2-25-23(28)24(16-18-9-11-19(12-10-18)21-8-5-15-30-21)17-26(13-14-29-24)22(27)20-6-3-4-7-20/h5,8-12,15,20H,2-4,6-7,13-14,16-17H2,1H3,(H,25,28)/t24-/m0/s1. The van der Waals surface area contributed by atoms with E-state index in [0.717, 1.165) is 31.2 Å². The van der Waals surface area contributed by atoms with Gasteiger partial charge in [0.15, 0.2) is 5.60 Å². The molecule has 0 spiro atoms. The summed E-state index contributed by atoms with van der Waals surface area (Å²) in [5.74, 6) is 0.175. The van der Waals surface area contributed by atoms with E-state index < -0.39 is 5.60 Å². The van der Waals surface area contributed by atoms with Gasteiger partial charge in [-0.25, -0.2) is 0 Å². The molecule has 1 saturated carbocycles. The van der Waals surface area contributed by atoms with E-state index in [1.807, 2.05) is 17.9 Å². The number of thiophene rings is 1. The molecule has 1 aromatic heterocycles. The van der Waals surface area contributed by atoms with Crippen LogP contribution in [-0.4, -0.2) is 48.6 Å². The number of nitrogens with one attached hydrogen (secondary N) is 1. The third-order valence-corrected chi connectivity index (χ3v) is 7.12. The van der Waals surface area contributed by atoms with Gasteiger partial charge in [0.05, 0.1) is 13.2 Å². The molecule has 1 aliphatic carbocycles. The lowest BCUT2D eigenvalue weighted by Gasteiger charge is -2.42. The molecule has 0 unspecified atom stereocenters. The summed E-state index contributed by atoms with van der Waals surface area (Å²) in [6.45, 7) is 3.72. The van der Waals surface area contributed by atoms with Gasteiger partial charge in [-0.2, -0.15) is 0 Å². The van der Waals surface area contributed by atoms with Crippen molar-refractivity contribution in [3.8, 4) is 10.4 Å². The minimum atomic E-state index is -1.03. The summed E-state index contributed by atoms with van der Waals surface area (Å²) in [6, 6.07) is 12.5. The molecule has 30 heavy (non-hydrogen) atoms. The molecule has 1 N–H and O–H groups in total. The van der Waals surface area contributed by atoms with Crippen LogP contribution in [-0.2, 0) is 20.7 Å². The molecule has 5 nitrogen and oxygen atoms in total. The number of likely N-dealkylation sites (N-methyl/N-ethyl adjacent to an activating group) is 1. The van der Waals surface area contributed by atoms with Crippen LogP contribution < -0.4 is 5.32 Å². The van der Waals surface area contributed by atoms with Crippen molar-refractivity contribution < 1.29 is 14.3 Å². The molecule has 1 atom stereocenters. The lowest BCUT2D eigenvalue weighted by atomic mass is 9.90. The number of ether oxygens (including phenoxy) is 1. The summed E-state index contributed by atoms with van der Waals surface area (Å²) in [7, 11) is 0. The molecule has 2 heterocycles. The summed E-state index contributed by atoms with van der Waals surface area (Å²) in [5.41, 5.74) is 1.17. The average Bonchev–Trinajstić information content (AvgIpc) is 3.48. The molecule has 1 aliphatic heterocycles. The van der Waals surface area contributed by atoms with E-state index in [-0.39, 0.29) is 17.7 Å². The summed E-state index contributed by atoms with van der Waals surface area (Å²) < 4.78 is 6.13. The Labute approximate surface area is 182 Å². The van der Waals surface area contributed by atoms with Crippen molar-refractivity contribution in [2.24, 2.45) is 5.92 Å². The van der Waals surface area contributed by atoms with Crippen LogP contribution in [0.25, 0.3) is 10.4 Å². The number of nitrogens with zero attached hydrogens (tertiary/aromatic N) is 1. The first-order valence-corrected chi connectivity index (χ1v) is 11.8. The van der Waals surface area contributed by atoms with Crippen LogP contribution >= 0.6 is 11.3 Å². The van der Waals surface area contributed by atoms with Crippen LogP contribution in [0.5, 0.6) is 0 Å². The van der Waals surface area contributed by atoms with Gasteiger partial charge in [0.25, 0.3) is 5.91 Å². The fourth-order valence-electron chi connectivity index (χ4n) is 4.61. The number of amides is 2. The zero-order chi connectivity index (χ0) is 21.0. The topological polar surface area (TPSA) is 58.6 Å². The highest BCUT2D eigenvalue weighted by Crippen LogP contribution is 2.31. The van der Waals surface area contributed by atoms with E-state index in [2.05, 4.69) is 41.0 Å². The fourth-order valence-corrected chi connectivity index (χ4v) is 5.34. The third kappa shape index (κ3) is 4.44. The van der Waals surface area contributed by atoms with Gasteiger partial charge in [0.1, 0.15) is 0 Å². The Morgan fingerprint density at radius 2 is 1.97 bits per heavy atom. The van der Waals surface area contributed by atoms with Gasteiger partial charge in [-0.05, 0) is 42.3 Å². The SMILES string of the molecule is CCNC(=O)[C@]1(Cc2ccc(-c3cccs3)cc2)CN(C(=O)C2CCCC2)CCO1. The molecule has 4 rings (SSSR count). The number of carbonyl (C=O) groups excluding carboxylic acids is 2. The summed E-state index contributed by atoms with van der Waals surface area (Å²) in [5, 5.41) is 5.01. The van der Waals surface area contributed by atoms with E-state index in [1.54, 1.807) is 11.3 Å². The second kappa shape index (κ2) is 9.31. The summed E-state index contributed by atoms with van der Waals surface area (Å²) in [4.78, 5) is 29.2. The third-order valence-electron chi connectivity index (χ3n) is 6.20. The number of benzene rings is 1. The predicted octanol–water partition coefficient (Wildman–Crippen LogP) is 3.88. The molecule has 1 saturated heterocycles. The van der Waals surface area contributed by atoms with Crippen LogP contribution in [0.3, 0.4) is 0 Å². The fraction of sp³-hybridized carbons (Fsp3) is 0.500. The minimum absolute atomic E-state index is 0.111. The van der Waals surface area contributed by atoms with Crippen molar-refractivity contribution >= 4 is 23.2 Å². The van der Waals surface area contributed by atoms with Gasteiger partial charge >= 0.3 is 0 Å². The average molecular weight is 427 g/mol. The molecule has 2 aromatic rings. The molecule has 2 aliphatic rings. The zero-order valence-corrected chi connectivity index (χ0v) is 18.4. The van der Waals surface area contributed by atoms with E-state index in [1.165, 1.54) is 10.4 Å². The number of rotatable bonds is 6. The highest BCUT2D eigenvalue weighted by Gasteiger charge is 2.45.